The van der Waals surface area contributed by atoms with Crippen LogP contribution >= 0.6 is 15.9 Å². The Balaban J connectivity index is 2.98. The minimum atomic E-state index is 0.486. The van der Waals surface area contributed by atoms with Crippen LogP contribution in [0.1, 0.15) is 62.8 Å². The maximum absolute atomic E-state index is 3.66. The molecule has 1 rings (SSSR count). The van der Waals surface area contributed by atoms with E-state index in [1.165, 1.54) is 40.4 Å². The third kappa shape index (κ3) is 4.61. The molecule has 108 valence electrons. The van der Waals surface area contributed by atoms with E-state index in [4.69, 9.17) is 0 Å². The van der Waals surface area contributed by atoms with Crippen molar-refractivity contribution in [2.24, 2.45) is 5.92 Å². The van der Waals surface area contributed by atoms with Gasteiger partial charge in [0.05, 0.1) is 0 Å². The first-order chi connectivity index (χ1) is 9.03. The molecule has 1 N–H and O–H groups in total. The summed E-state index contributed by atoms with van der Waals surface area (Å²) >= 11 is 3.66. The Bertz CT molecular complexity index is 373. The summed E-state index contributed by atoms with van der Waals surface area (Å²) < 4.78 is 1.24. The van der Waals surface area contributed by atoms with E-state index in [9.17, 15) is 0 Å². The van der Waals surface area contributed by atoms with E-state index in [1.807, 2.05) is 0 Å². The van der Waals surface area contributed by atoms with E-state index >= 15 is 0 Å². The van der Waals surface area contributed by atoms with Crippen molar-refractivity contribution in [2.75, 3.05) is 6.54 Å². The quantitative estimate of drug-likeness (QED) is 0.693. The molecule has 0 saturated carbocycles. The van der Waals surface area contributed by atoms with Crippen LogP contribution in [0.15, 0.2) is 16.6 Å². The zero-order valence-corrected chi connectivity index (χ0v) is 14.6. The van der Waals surface area contributed by atoms with Crippen molar-refractivity contribution < 1.29 is 0 Å². The van der Waals surface area contributed by atoms with Crippen LogP contribution in [0.3, 0.4) is 0 Å². The first-order valence-corrected chi connectivity index (χ1v) is 8.32. The molecule has 0 aromatic heterocycles. The molecule has 19 heavy (non-hydrogen) atoms. The SMILES string of the molecule is CCNC(CC(CC)CC)c1cc(C)c(Br)c(C)c1. The number of nitrogens with one attached hydrogen (secondary N) is 1. The summed E-state index contributed by atoms with van der Waals surface area (Å²) in [7, 11) is 0. The van der Waals surface area contributed by atoms with Crippen molar-refractivity contribution >= 4 is 15.9 Å². The van der Waals surface area contributed by atoms with Gasteiger partial charge in [0.1, 0.15) is 0 Å². The Morgan fingerprint density at radius 2 is 1.58 bits per heavy atom. The van der Waals surface area contributed by atoms with Crippen molar-refractivity contribution in [3.05, 3.63) is 33.3 Å². The van der Waals surface area contributed by atoms with Gasteiger partial charge in [-0.15, -0.1) is 0 Å². The van der Waals surface area contributed by atoms with Gasteiger partial charge in [-0.3, -0.25) is 0 Å². The fourth-order valence-electron chi connectivity index (χ4n) is 2.72. The van der Waals surface area contributed by atoms with Crippen LogP contribution in [-0.2, 0) is 0 Å². The van der Waals surface area contributed by atoms with Gasteiger partial charge < -0.3 is 5.32 Å². The Hall–Kier alpha value is -0.340. The van der Waals surface area contributed by atoms with Crippen LogP contribution < -0.4 is 5.32 Å². The molecule has 1 aromatic rings. The van der Waals surface area contributed by atoms with Crippen molar-refractivity contribution in [1.29, 1.82) is 0 Å². The number of benzene rings is 1. The smallest absolute Gasteiger partial charge is 0.0322 e. The van der Waals surface area contributed by atoms with Crippen LogP contribution in [0, 0.1) is 19.8 Å². The molecule has 0 amide bonds. The Morgan fingerprint density at radius 3 is 2.00 bits per heavy atom. The Kier molecular flexibility index (Phi) is 7.09. The van der Waals surface area contributed by atoms with E-state index in [1.54, 1.807) is 0 Å². The average Bonchev–Trinajstić information content (AvgIpc) is 2.40. The second kappa shape index (κ2) is 8.06. The number of aryl methyl sites for hydroxylation is 2. The predicted molar refractivity (Wildman–Crippen MR) is 88.7 cm³/mol. The van der Waals surface area contributed by atoms with Gasteiger partial charge in [-0.25, -0.2) is 0 Å². The molecule has 0 aliphatic carbocycles. The van der Waals surface area contributed by atoms with E-state index in [0.29, 0.717) is 6.04 Å². The molecule has 1 unspecified atom stereocenters. The molecule has 1 aromatic carbocycles. The molecular weight excluding hydrogens is 298 g/mol. The first-order valence-electron chi connectivity index (χ1n) is 7.53. The summed E-state index contributed by atoms with van der Waals surface area (Å²) in [6.45, 7) is 12.2. The lowest BCUT2D eigenvalue weighted by molar-refractivity contribution is 0.375. The molecule has 0 fully saturated rings. The third-order valence-corrected chi connectivity index (χ3v) is 5.29. The van der Waals surface area contributed by atoms with Crippen molar-refractivity contribution in [1.82, 2.24) is 5.32 Å². The van der Waals surface area contributed by atoms with Crippen molar-refractivity contribution in [3.63, 3.8) is 0 Å². The van der Waals surface area contributed by atoms with Gasteiger partial charge in [0.15, 0.2) is 0 Å². The largest absolute Gasteiger partial charge is 0.310 e. The summed E-state index contributed by atoms with van der Waals surface area (Å²) in [4.78, 5) is 0. The van der Waals surface area contributed by atoms with E-state index < -0.39 is 0 Å². The number of halogens is 1. The minimum Gasteiger partial charge on any atom is -0.310 e. The molecule has 0 bridgehead atoms. The fourth-order valence-corrected chi connectivity index (χ4v) is 2.95. The average molecular weight is 326 g/mol. The summed E-state index contributed by atoms with van der Waals surface area (Å²) in [6.07, 6.45) is 3.78. The van der Waals surface area contributed by atoms with Crippen LogP contribution in [-0.4, -0.2) is 6.54 Å². The summed E-state index contributed by atoms with van der Waals surface area (Å²) in [5.41, 5.74) is 4.11. The zero-order chi connectivity index (χ0) is 14.4. The lowest BCUT2D eigenvalue weighted by atomic mass is 9.90. The van der Waals surface area contributed by atoms with Gasteiger partial charge in [0.2, 0.25) is 0 Å². The highest BCUT2D eigenvalue weighted by Crippen LogP contribution is 2.30. The lowest BCUT2D eigenvalue weighted by Gasteiger charge is -2.24. The maximum Gasteiger partial charge on any atom is 0.0322 e. The van der Waals surface area contributed by atoms with Gasteiger partial charge in [0, 0.05) is 10.5 Å². The highest BCUT2D eigenvalue weighted by Gasteiger charge is 2.16. The molecule has 0 aliphatic heterocycles. The zero-order valence-electron chi connectivity index (χ0n) is 13.0. The molecule has 0 radical (unpaired) electrons. The molecule has 2 heteroatoms. The molecule has 0 saturated heterocycles. The summed E-state index contributed by atoms with van der Waals surface area (Å²) in [5.74, 6) is 0.813. The van der Waals surface area contributed by atoms with E-state index in [0.717, 1.165) is 12.5 Å². The molecule has 0 aliphatic rings. The lowest BCUT2D eigenvalue weighted by Crippen LogP contribution is -2.23. The summed E-state index contributed by atoms with van der Waals surface area (Å²) in [6, 6.07) is 5.14. The van der Waals surface area contributed by atoms with Gasteiger partial charge in [-0.05, 0) is 49.4 Å². The van der Waals surface area contributed by atoms with Crippen LogP contribution in [0.25, 0.3) is 0 Å². The van der Waals surface area contributed by atoms with Gasteiger partial charge in [-0.2, -0.15) is 0 Å². The highest BCUT2D eigenvalue weighted by atomic mass is 79.9. The topological polar surface area (TPSA) is 12.0 Å². The fraction of sp³-hybridized carbons (Fsp3) is 0.647. The Labute approximate surface area is 127 Å². The van der Waals surface area contributed by atoms with Crippen LogP contribution in [0.4, 0.5) is 0 Å². The second-order valence-electron chi connectivity index (χ2n) is 5.50. The van der Waals surface area contributed by atoms with Crippen molar-refractivity contribution in [2.45, 2.75) is 59.9 Å². The predicted octanol–water partition coefficient (Wildman–Crippen LogP) is 5.54. The molecule has 0 heterocycles. The number of hydrogen-bond acceptors (Lipinski definition) is 1. The van der Waals surface area contributed by atoms with Gasteiger partial charge >= 0.3 is 0 Å². The van der Waals surface area contributed by atoms with Crippen LogP contribution in [0.5, 0.6) is 0 Å². The van der Waals surface area contributed by atoms with E-state index in [-0.39, 0.29) is 0 Å². The molecule has 1 nitrogen and oxygen atoms in total. The summed E-state index contributed by atoms with van der Waals surface area (Å²) in [5, 5.41) is 3.66. The minimum absolute atomic E-state index is 0.486. The van der Waals surface area contributed by atoms with Gasteiger partial charge in [0.25, 0.3) is 0 Å². The monoisotopic (exact) mass is 325 g/mol. The Morgan fingerprint density at radius 1 is 1.05 bits per heavy atom. The van der Waals surface area contributed by atoms with Crippen molar-refractivity contribution in [3.8, 4) is 0 Å². The second-order valence-corrected chi connectivity index (χ2v) is 6.29. The van der Waals surface area contributed by atoms with Gasteiger partial charge in [-0.1, -0.05) is 61.7 Å². The molecule has 1 atom stereocenters. The first kappa shape index (κ1) is 16.7. The number of rotatable bonds is 7. The highest BCUT2D eigenvalue weighted by molar-refractivity contribution is 9.10. The number of hydrogen-bond donors (Lipinski definition) is 1. The third-order valence-electron chi connectivity index (χ3n) is 4.04. The van der Waals surface area contributed by atoms with Crippen LogP contribution in [0.2, 0.25) is 0 Å². The molecular formula is C17H28BrN. The maximum atomic E-state index is 3.66. The van der Waals surface area contributed by atoms with E-state index in [2.05, 4.69) is 68.0 Å². The normalized spacial score (nSPS) is 13.0. The molecule has 0 spiro atoms. The standard InChI is InChI=1S/C17H28BrN/c1-6-14(7-2)11-16(19-8-3)15-9-12(4)17(18)13(5)10-15/h9-10,14,16,19H,6-8,11H2,1-5H3.